The van der Waals surface area contributed by atoms with Gasteiger partial charge in [-0.2, -0.15) is 0 Å². The van der Waals surface area contributed by atoms with Crippen molar-refractivity contribution in [2.75, 3.05) is 0 Å². The van der Waals surface area contributed by atoms with Gasteiger partial charge >= 0.3 is 0 Å². The second kappa shape index (κ2) is 9.56. The molecule has 6 heavy (non-hydrogen) atoms. The van der Waals surface area contributed by atoms with Crippen LogP contribution in [-0.4, -0.2) is 11.1 Å². The van der Waals surface area contributed by atoms with Crippen molar-refractivity contribution in [2.24, 2.45) is 0 Å². The number of aliphatic carboxylic acids is 1. The average Bonchev–Trinajstić information content (AvgIpc) is 0.811. The summed E-state index contributed by atoms with van der Waals surface area (Å²) >= 11 is 0. The standard InChI is InChI=1S/C2H4O2.La.Zn/c1-2(3)4;;/h1H3,(H,3,4);;. The molecule has 0 bridgehead atoms. The van der Waals surface area contributed by atoms with Crippen molar-refractivity contribution in [3.05, 3.63) is 0 Å². The van der Waals surface area contributed by atoms with Crippen molar-refractivity contribution in [3.8, 4) is 0 Å². The first-order valence-corrected chi connectivity index (χ1v) is 0.928. The molecule has 0 rings (SSSR count). The number of rotatable bonds is 0. The van der Waals surface area contributed by atoms with Gasteiger partial charge in [0.25, 0.3) is 5.97 Å². The van der Waals surface area contributed by atoms with Gasteiger partial charge in [0, 0.05) is 62.0 Å². The number of carboxylic acids is 1. The minimum atomic E-state index is -0.833. The second-order valence-corrected chi connectivity index (χ2v) is 0.519. The van der Waals surface area contributed by atoms with E-state index in [1.165, 1.54) is 0 Å². The quantitative estimate of drug-likeness (QED) is 0.630. The Labute approximate surface area is 77.0 Å². The number of hydrogen-bond donors (Lipinski definition) is 1. The molecule has 1 radical (unpaired) electrons. The van der Waals surface area contributed by atoms with Gasteiger partial charge in [-0.15, -0.1) is 0 Å². The van der Waals surface area contributed by atoms with Crippen molar-refractivity contribution >= 4 is 5.97 Å². The fourth-order valence-corrected chi connectivity index (χ4v) is 0. The second-order valence-electron chi connectivity index (χ2n) is 0.519. The molecule has 0 saturated carbocycles. The van der Waals surface area contributed by atoms with Gasteiger partial charge in [0.15, 0.2) is 0 Å². The number of hydrogen-bond acceptors (Lipinski definition) is 1. The molecule has 0 saturated heterocycles. The smallest absolute Gasteiger partial charge is 0.300 e. The first kappa shape index (κ1) is 15.7. The van der Waals surface area contributed by atoms with Crippen molar-refractivity contribution in [1.82, 2.24) is 0 Å². The fraction of sp³-hybridized carbons (Fsp3) is 0.500. The third-order valence-electron chi connectivity index (χ3n) is 0. The Kier molecular flexibility index (Phi) is 25.0. The predicted octanol–water partition coefficient (Wildman–Crippen LogP) is 0.0884. The van der Waals surface area contributed by atoms with Crippen LogP contribution >= 0.6 is 0 Å². The van der Waals surface area contributed by atoms with Gasteiger partial charge in [0.1, 0.15) is 0 Å². The molecular weight excluding hydrogens is 260 g/mol. The first-order chi connectivity index (χ1) is 1.73. The van der Waals surface area contributed by atoms with E-state index in [2.05, 4.69) is 0 Å². The van der Waals surface area contributed by atoms with Crippen LogP contribution in [0.2, 0.25) is 0 Å². The molecule has 0 aromatic rings. The molecule has 0 aromatic heterocycles. The molecule has 0 fully saturated rings. The fourth-order valence-electron chi connectivity index (χ4n) is 0. The van der Waals surface area contributed by atoms with Gasteiger partial charge in [-0.3, -0.25) is 4.79 Å². The zero-order valence-electron chi connectivity index (χ0n) is 3.64. The van der Waals surface area contributed by atoms with Gasteiger partial charge < -0.3 is 5.11 Å². The molecule has 29 valence electrons. The van der Waals surface area contributed by atoms with Crippen molar-refractivity contribution in [2.45, 2.75) is 6.92 Å². The normalized spacial score (nSPS) is 4.17. The molecule has 0 aromatic carbocycles. The minimum absolute atomic E-state index is 0. The van der Waals surface area contributed by atoms with Gasteiger partial charge in [-0.25, -0.2) is 0 Å². The molecule has 0 aliphatic rings. The van der Waals surface area contributed by atoms with Crippen molar-refractivity contribution in [3.63, 3.8) is 0 Å². The molecule has 4 heteroatoms. The largest absolute Gasteiger partial charge is 0.481 e. The third-order valence-corrected chi connectivity index (χ3v) is 0. The van der Waals surface area contributed by atoms with Crippen molar-refractivity contribution in [1.29, 1.82) is 0 Å². The molecule has 0 heterocycles. The van der Waals surface area contributed by atoms with E-state index in [1.54, 1.807) is 0 Å². The van der Waals surface area contributed by atoms with Crippen LogP contribution < -0.4 is 0 Å². The summed E-state index contributed by atoms with van der Waals surface area (Å²) in [5.74, 6) is -0.833. The zero-order valence-corrected chi connectivity index (χ0v) is 10.2. The molecule has 0 spiro atoms. The molecule has 0 aliphatic heterocycles. The Morgan fingerprint density at radius 3 is 1.67 bits per heavy atom. The summed E-state index contributed by atoms with van der Waals surface area (Å²) in [7, 11) is 0. The topological polar surface area (TPSA) is 37.3 Å². The Morgan fingerprint density at radius 2 is 1.67 bits per heavy atom. The molecule has 2 nitrogen and oxygen atoms in total. The third kappa shape index (κ3) is 58.6. The molecule has 0 unspecified atom stereocenters. The van der Waals surface area contributed by atoms with Crippen molar-refractivity contribution < 1.29 is 65.0 Å². The molecule has 0 amide bonds. The molecular formula is C2H4LaO2Zn. The van der Waals surface area contributed by atoms with Crippen LogP contribution in [0.15, 0.2) is 0 Å². The Hall–Kier alpha value is 1.29. The van der Waals surface area contributed by atoms with E-state index < -0.39 is 5.97 Å². The Bertz CT molecular complexity index is 34.5. The summed E-state index contributed by atoms with van der Waals surface area (Å²) < 4.78 is 0. The Balaban J connectivity index is -0.0000000450. The first-order valence-electron chi connectivity index (χ1n) is 0.928. The van der Waals surface area contributed by atoms with Crippen LogP contribution in [0.4, 0.5) is 0 Å². The maximum atomic E-state index is 9.00. The predicted molar refractivity (Wildman–Crippen MR) is 13.3 cm³/mol. The minimum Gasteiger partial charge on any atom is -0.481 e. The van der Waals surface area contributed by atoms with Gasteiger partial charge in [-0.05, 0) is 0 Å². The number of carbonyl (C=O) groups is 1. The molecule has 0 atom stereocenters. The van der Waals surface area contributed by atoms with Crippen LogP contribution in [0.5, 0.6) is 0 Å². The van der Waals surface area contributed by atoms with E-state index in [4.69, 9.17) is 9.90 Å². The zero-order chi connectivity index (χ0) is 3.58. The summed E-state index contributed by atoms with van der Waals surface area (Å²) in [4.78, 5) is 9.00. The van der Waals surface area contributed by atoms with E-state index in [1.807, 2.05) is 0 Å². The summed E-state index contributed by atoms with van der Waals surface area (Å²) in [6, 6.07) is 0. The van der Waals surface area contributed by atoms with Gasteiger partial charge in [0.05, 0.1) is 0 Å². The van der Waals surface area contributed by atoms with Gasteiger partial charge in [-0.1, -0.05) is 0 Å². The van der Waals surface area contributed by atoms with Crippen LogP contribution in [-0.2, 0) is 24.3 Å². The van der Waals surface area contributed by atoms with E-state index in [-0.39, 0.29) is 55.1 Å². The van der Waals surface area contributed by atoms with Crippen LogP contribution in [0.25, 0.3) is 0 Å². The molecule has 0 aliphatic carbocycles. The van der Waals surface area contributed by atoms with E-state index in [0.29, 0.717) is 0 Å². The summed E-state index contributed by atoms with van der Waals surface area (Å²) in [6.45, 7) is 1.08. The maximum absolute atomic E-state index is 9.00. The summed E-state index contributed by atoms with van der Waals surface area (Å²) in [5.41, 5.74) is 0. The number of carboxylic acid groups (broad SMARTS) is 1. The van der Waals surface area contributed by atoms with E-state index >= 15 is 0 Å². The Morgan fingerprint density at radius 1 is 1.67 bits per heavy atom. The van der Waals surface area contributed by atoms with Crippen LogP contribution in [0.3, 0.4) is 0 Å². The SMILES string of the molecule is CC(=O)O.[La].[Zn]. The maximum Gasteiger partial charge on any atom is 0.300 e. The summed E-state index contributed by atoms with van der Waals surface area (Å²) in [5, 5.41) is 7.42. The van der Waals surface area contributed by atoms with Crippen LogP contribution in [0.1, 0.15) is 6.92 Å². The molecule has 1 N–H and O–H groups in total. The van der Waals surface area contributed by atoms with E-state index in [0.717, 1.165) is 6.92 Å². The van der Waals surface area contributed by atoms with E-state index in [9.17, 15) is 0 Å². The average molecular weight is 264 g/mol. The van der Waals surface area contributed by atoms with Gasteiger partial charge in [0.2, 0.25) is 0 Å². The monoisotopic (exact) mass is 263 g/mol. The van der Waals surface area contributed by atoms with Crippen LogP contribution in [0, 0.1) is 35.6 Å². The summed E-state index contributed by atoms with van der Waals surface area (Å²) in [6.07, 6.45) is 0.